The maximum Gasteiger partial charge on any atom is 0.159 e. The molecule has 6 heteroatoms. The van der Waals surface area contributed by atoms with Crippen LogP contribution < -0.4 is 0 Å². The molecule has 25 heavy (non-hydrogen) atoms. The van der Waals surface area contributed by atoms with Gasteiger partial charge >= 0.3 is 0 Å². The zero-order chi connectivity index (χ0) is 18.1. The Morgan fingerprint density at radius 2 is 1.60 bits per heavy atom. The van der Waals surface area contributed by atoms with Crippen LogP contribution in [0.25, 0.3) is 11.0 Å². The summed E-state index contributed by atoms with van der Waals surface area (Å²) < 4.78 is 32.5. The van der Waals surface area contributed by atoms with E-state index >= 15 is 0 Å². The quantitative estimate of drug-likeness (QED) is 0.672. The first-order valence-corrected chi connectivity index (χ1v) is 10.6. The zero-order valence-corrected chi connectivity index (χ0v) is 16.3. The number of aromatic nitrogens is 2. The fraction of sp³-hybridized carbons (Fsp3) is 0.368. The van der Waals surface area contributed by atoms with Gasteiger partial charge in [0.2, 0.25) is 0 Å². The first-order chi connectivity index (χ1) is 11.8. The molecule has 132 valence electrons. The molecule has 0 aliphatic carbocycles. The van der Waals surface area contributed by atoms with Gasteiger partial charge in [-0.25, -0.2) is 8.42 Å². The van der Waals surface area contributed by atoms with Crippen molar-refractivity contribution in [2.75, 3.05) is 0 Å². The third-order valence-electron chi connectivity index (χ3n) is 4.37. The van der Waals surface area contributed by atoms with E-state index in [1.54, 1.807) is 20.8 Å². The Kier molecular flexibility index (Phi) is 4.93. The van der Waals surface area contributed by atoms with Gasteiger partial charge in [-0.15, -0.1) is 0 Å². The maximum atomic E-state index is 12.3. The van der Waals surface area contributed by atoms with Crippen LogP contribution in [0.1, 0.15) is 37.5 Å². The molecule has 4 nitrogen and oxygen atoms in total. The van der Waals surface area contributed by atoms with Gasteiger partial charge in [0, 0.05) is 0 Å². The minimum absolute atomic E-state index is 0.0839. The van der Waals surface area contributed by atoms with E-state index in [4.69, 9.17) is 0 Å². The van der Waals surface area contributed by atoms with E-state index in [1.165, 1.54) is 22.9 Å². The molecular formula is C19H22N2O2S2. The third-order valence-corrected chi connectivity index (χ3v) is 7.49. The molecule has 0 saturated heterocycles. The number of sulfone groups is 1. The van der Waals surface area contributed by atoms with Crippen molar-refractivity contribution in [3.63, 3.8) is 0 Å². The van der Waals surface area contributed by atoms with Crippen LogP contribution in [0.3, 0.4) is 0 Å². The Labute approximate surface area is 153 Å². The van der Waals surface area contributed by atoms with Crippen LogP contribution >= 0.6 is 11.7 Å². The van der Waals surface area contributed by atoms with Gasteiger partial charge in [-0.3, -0.25) is 0 Å². The van der Waals surface area contributed by atoms with Crippen LogP contribution in [-0.2, 0) is 28.4 Å². The van der Waals surface area contributed by atoms with E-state index in [0.29, 0.717) is 0 Å². The molecule has 0 unspecified atom stereocenters. The van der Waals surface area contributed by atoms with Crippen LogP contribution in [0.5, 0.6) is 0 Å². The summed E-state index contributed by atoms with van der Waals surface area (Å²) in [4.78, 5) is 0. The first-order valence-electron chi connectivity index (χ1n) is 8.26. The predicted octanol–water partition coefficient (Wildman–Crippen LogP) is 4.19. The van der Waals surface area contributed by atoms with Crippen molar-refractivity contribution in [1.82, 2.24) is 8.75 Å². The van der Waals surface area contributed by atoms with E-state index in [-0.39, 0.29) is 5.75 Å². The van der Waals surface area contributed by atoms with Crippen LogP contribution in [0.4, 0.5) is 0 Å². The highest BCUT2D eigenvalue weighted by atomic mass is 32.2. The monoisotopic (exact) mass is 374 g/mol. The molecule has 0 radical (unpaired) electrons. The summed E-state index contributed by atoms with van der Waals surface area (Å²) in [5, 5.41) is 0. The van der Waals surface area contributed by atoms with Crippen molar-refractivity contribution in [3.05, 3.63) is 59.2 Å². The number of fused-ring (bicyclic) bond motifs is 1. The lowest BCUT2D eigenvalue weighted by molar-refractivity contribution is 0.559. The molecule has 0 bridgehead atoms. The summed E-state index contributed by atoms with van der Waals surface area (Å²) in [7, 11) is -3.15. The van der Waals surface area contributed by atoms with E-state index in [1.807, 2.05) is 36.4 Å². The molecule has 0 amide bonds. The van der Waals surface area contributed by atoms with Crippen molar-refractivity contribution < 1.29 is 8.42 Å². The van der Waals surface area contributed by atoms with Gasteiger partial charge in [0.05, 0.1) is 22.2 Å². The molecule has 0 spiro atoms. The van der Waals surface area contributed by atoms with Crippen molar-refractivity contribution in [3.8, 4) is 0 Å². The van der Waals surface area contributed by atoms with Gasteiger partial charge in [-0.1, -0.05) is 36.4 Å². The number of benzene rings is 2. The molecule has 2 aromatic carbocycles. The number of hydrogen-bond donors (Lipinski definition) is 0. The second-order valence-electron chi connectivity index (χ2n) is 7.24. The second-order valence-corrected chi connectivity index (χ2v) is 10.5. The smallest absolute Gasteiger partial charge is 0.159 e. The normalized spacial score (nSPS) is 12.6. The van der Waals surface area contributed by atoms with Crippen LogP contribution in [0.15, 0.2) is 42.5 Å². The summed E-state index contributed by atoms with van der Waals surface area (Å²) in [5.41, 5.74) is 5.16. The average molecular weight is 375 g/mol. The Morgan fingerprint density at radius 3 is 2.28 bits per heavy atom. The van der Waals surface area contributed by atoms with Gasteiger partial charge in [0.25, 0.3) is 0 Å². The van der Waals surface area contributed by atoms with E-state index < -0.39 is 14.6 Å². The highest BCUT2D eigenvalue weighted by molar-refractivity contribution is 7.91. The fourth-order valence-electron chi connectivity index (χ4n) is 2.58. The molecule has 0 aliphatic rings. The Balaban J connectivity index is 1.68. The molecule has 0 fully saturated rings. The Morgan fingerprint density at radius 1 is 0.920 bits per heavy atom. The summed E-state index contributed by atoms with van der Waals surface area (Å²) in [6.45, 7) is 5.22. The van der Waals surface area contributed by atoms with Gasteiger partial charge in [-0.2, -0.15) is 8.75 Å². The minimum atomic E-state index is -3.15. The van der Waals surface area contributed by atoms with Crippen LogP contribution in [0, 0.1) is 0 Å². The second kappa shape index (κ2) is 6.84. The van der Waals surface area contributed by atoms with Crippen LogP contribution in [-0.4, -0.2) is 21.9 Å². The van der Waals surface area contributed by atoms with E-state index in [9.17, 15) is 8.42 Å². The topological polar surface area (TPSA) is 59.9 Å². The number of nitrogens with zero attached hydrogens (tertiary/aromatic N) is 2. The lowest BCUT2D eigenvalue weighted by Gasteiger charge is -2.19. The number of hydrogen-bond acceptors (Lipinski definition) is 5. The lowest BCUT2D eigenvalue weighted by atomic mass is 10.0. The molecule has 0 atom stereocenters. The SMILES string of the molecule is CC(C)(C)S(=O)(=O)Cc1ccc(CCc2cccc3nsnc23)cc1. The predicted molar refractivity (Wildman–Crippen MR) is 104 cm³/mol. The molecular weight excluding hydrogens is 352 g/mol. The van der Waals surface area contributed by atoms with Gasteiger partial charge in [0.15, 0.2) is 9.84 Å². The Bertz CT molecular complexity index is 969. The molecule has 1 aromatic heterocycles. The standard InChI is InChI=1S/C19H22N2O2S2/c1-19(2,3)25(22,23)13-15-9-7-14(8-10-15)11-12-16-5-4-6-17-18(16)21-24-20-17/h4-10H,11-13H2,1-3H3. The number of rotatable bonds is 5. The highest BCUT2D eigenvalue weighted by Crippen LogP contribution is 2.22. The van der Waals surface area contributed by atoms with Gasteiger partial charge in [0.1, 0.15) is 11.0 Å². The Hall–Kier alpha value is -1.79. The summed E-state index contributed by atoms with van der Waals surface area (Å²) in [5.74, 6) is 0.0839. The van der Waals surface area contributed by atoms with Gasteiger partial charge < -0.3 is 0 Å². The third kappa shape index (κ3) is 4.07. The minimum Gasteiger partial charge on any atom is -0.228 e. The van der Waals surface area contributed by atoms with E-state index in [0.717, 1.165) is 29.4 Å². The van der Waals surface area contributed by atoms with Gasteiger partial charge in [-0.05, 0) is 56.4 Å². The van der Waals surface area contributed by atoms with Crippen molar-refractivity contribution in [1.29, 1.82) is 0 Å². The van der Waals surface area contributed by atoms with Crippen molar-refractivity contribution in [2.45, 2.75) is 44.1 Å². The lowest BCUT2D eigenvalue weighted by Crippen LogP contribution is -2.29. The fourth-order valence-corrected chi connectivity index (χ4v) is 4.21. The summed E-state index contributed by atoms with van der Waals surface area (Å²) >= 11 is 1.24. The largest absolute Gasteiger partial charge is 0.228 e. The van der Waals surface area contributed by atoms with Crippen LogP contribution in [0.2, 0.25) is 0 Å². The van der Waals surface area contributed by atoms with E-state index in [2.05, 4.69) is 14.8 Å². The molecule has 0 aliphatic heterocycles. The van der Waals surface area contributed by atoms with Crippen molar-refractivity contribution >= 4 is 32.6 Å². The molecule has 0 saturated carbocycles. The molecule has 3 rings (SSSR count). The summed E-state index contributed by atoms with van der Waals surface area (Å²) in [6.07, 6.45) is 1.78. The molecule has 0 N–H and O–H groups in total. The maximum absolute atomic E-state index is 12.3. The highest BCUT2D eigenvalue weighted by Gasteiger charge is 2.28. The first kappa shape index (κ1) is 18.0. The zero-order valence-electron chi connectivity index (χ0n) is 14.7. The molecule has 3 aromatic rings. The number of aryl methyl sites for hydroxylation is 2. The average Bonchev–Trinajstić information content (AvgIpc) is 3.02. The molecule has 1 heterocycles. The summed E-state index contributed by atoms with van der Waals surface area (Å²) in [6, 6.07) is 14.0. The van der Waals surface area contributed by atoms with Crippen molar-refractivity contribution in [2.24, 2.45) is 0 Å².